The van der Waals surface area contributed by atoms with Gasteiger partial charge < -0.3 is 14.6 Å². The quantitative estimate of drug-likeness (QED) is 0.891. The van der Waals surface area contributed by atoms with E-state index in [-0.39, 0.29) is 5.91 Å². The van der Waals surface area contributed by atoms with Crippen LogP contribution in [0.2, 0.25) is 0 Å². The Bertz CT molecular complexity index is 642. The molecule has 0 radical (unpaired) electrons. The molecule has 1 aromatic carbocycles. The largest absolute Gasteiger partial charge is 0.497 e. The minimum absolute atomic E-state index is 0.0514. The Morgan fingerprint density at radius 2 is 1.91 bits per heavy atom. The molecule has 1 aromatic heterocycles. The molecule has 118 valence electrons. The summed E-state index contributed by atoms with van der Waals surface area (Å²) in [6.45, 7) is 4.87. The Labute approximate surface area is 132 Å². The number of nitrogens with one attached hydrogen (secondary N) is 1. The maximum Gasteiger partial charge on any atom is 0.224 e. The summed E-state index contributed by atoms with van der Waals surface area (Å²) in [6, 6.07) is 9.77. The second kappa shape index (κ2) is 7.16. The summed E-state index contributed by atoms with van der Waals surface area (Å²) in [5.74, 6) is 0.856. The first-order chi connectivity index (χ1) is 10.5. The third-order valence-electron chi connectivity index (χ3n) is 4.12. The van der Waals surface area contributed by atoms with Gasteiger partial charge in [0.15, 0.2) is 0 Å². The van der Waals surface area contributed by atoms with Crippen LogP contribution in [-0.2, 0) is 24.7 Å². The van der Waals surface area contributed by atoms with Gasteiger partial charge in [-0.3, -0.25) is 4.79 Å². The first-order valence-electron chi connectivity index (χ1n) is 7.52. The molecule has 1 heterocycles. The Kier molecular flexibility index (Phi) is 5.26. The second-order valence-electron chi connectivity index (χ2n) is 5.58. The number of aromatic nitrogens is 1. The van der Waals surface area contributed by atoms with Crippen molar-refractivity contribution in [2.24, 2.45) is 7.05 Å². The molecule has 0 aliphatic carbocycles. The van der Waals surface area contributed by atoms with E-state index in [2.05, 4.69) is 36.8 Å². The van der Waals surface area contributed by atoms with E-state index in [0.717, 1.165) is 17.7 Å². The van der Waals surface area contributed by atoms with Crippen LogP contribution in [0.5, 0.6) is 5.75 Å². The molecule has 0 aliphatic rings. The molecule has 22 heavy (non-hydrogen) atoms. The summed E-state index contributed by atoms with van der Waals surface area (Å²) >= 11 is 0. The molecule has 0 saturated carbocycles. The van der Waals surface area contributed by atoms with Gasteiger partial charge in [-0.25, -0.2) is 0 Å². The fourth-order valence-electron chi connectivity index (χ4n) is 2.51. The molecule has 4 nitrogen and oxygen atoms in total. The molecular weight excluding hydrogens is 276 g/mol. The highest BCUT2D eigenvalue weighted by atomic mass is 16.5. The maximum absolute atomic E-state index is 12.0. The zero-order valence-electron chi connectivity index (χ0n) is 13.8. The van der Waals surface area contributed by atoms with Crippen molar-refractivity contribution >= 4 is 5.91 Å². The molecule has 1 amide bonds. The van der Waals surface area contributed by atoms with E-state index in [0.29, 0.717) is 13.0 Å². The number of aryl methyl sites for hydroxylation is 1. The van der Waals surface area contributed by atoms with Gasteiger partial charge in [-0.15, -0.1) is 0 Å². The number of benzene rings is 1. The van der Waals surface area contributed by atoms with E-state index in [1.54, 1.807) is 7.11 Å². The van der Waals surface area contributed by atoms with E-state index in [1.165, 1.54) is 17.0 Å². The number of amides is 1. The topological polar surface area (TPSA) is 43.3 Å². The lowest BCUT2D eigenvalue weighted by Crippen LogP contribution is -2.27. The SMILES string of the molecule is COc1ccc(CC(=O)NCCc2cc(C)n(C)c2C)cc1. The molecule has 0 saturated heterocycles. The number of methoxy groups -OCH3 is 1. The van der Waals surface area contributed by atoms with Crippen molar-refractivity contribution in [2.75, 3.05) is 13.7 Å². The highest BCUT2D eigenvalue weighted by Gasteiger charge is 2.07. The predicted octanol–water partition coefficient (Wildman–Crippen LogP) is 2.55. The van der Waals surface area contributed by atoms with E-state index in [1.807, 2.05) is 24.3 Å². The fourth-order valence-corrected chi connectivity index (χ4v) is 2.51. The van der Waals surface area contributed by atoms with Gasteiger partial charge in [0.1, 0.15) is 5.75 Å². The Morgan fingerprint density at radius 1 is 1.23 bits per heavy atom. The molecule has 0 bridgehead atoms. The molecular formula is C18H24N2O2. The highest BCUT2D eigenvalue weighted by Crippen LogP contribution is 2.14. The van der Waals surface area contributed by atoms with E-state index < -0.39 is 0 Å². The number of ether oxygens (including phenoxy) is 1. The summed E-state index contributed by atoms with van der Waals surface area (Å²) in [6.07, 6.45) is 1.26. The van der Waals surface area contributed by atoms with Gasteiger partial charge in [0.05, 0.1) is 13.5 Å². The molecule has 2 aromatic rings. The van der Waals surface area contributed by atoms with Gasteiger partial charge >= 0.3 is 0 Å². The first-order valence-corrected chi connectivity index (χ1v) is 7.52. The van der Waals surface area contributed by atoms with Gasteiger partial charge in [-0.1, -0.05) is 12.1 Å². The number of rotatable bonds is 6. The summed E-state index contributed by atoms with van der Waals surface area (Å²) in [5.41, 5.74) is 4.80. The van der Waals surface area contributed by atoms with Crippen molar-refractivity contribution in [1.29, 1.82) is 0 Å². The molecule has 0 aliphatic heterocycles. The lowest BCUT2D eigenvalue weighted by molar-refractivity contribution is -0.120. The third-order valence-corrected chi connectivity index (χ3v) is 4.12. The zero-order valence-corrected chi connectivity index (χ0v) is 13.8. The van der Waals surface area contributed by atoms with Gasteiger partial charge in [0.25, 0.3) is 0 Å². The number of nitrogens with zero attached hydrogens (tertiary/aromatic N) is 1. The molecule has 0 unspecified atom stereocenters. The summed E-state index contributed by atoms with van der Waals surface area (Å²) in [4.78, 5) is 12.0. The molecule has 0 fully saturated rings. The second-order valence-corrected chi connectivity index (χ2v) is 5.58. The van der Waals surface area contributed by atoms with Gasteiger partial charge in [0, 0.05) is 25.0 Å². The monoisotopic (exact) mass is 300 g/mol. The standard InChI is InChI=1S/C18H24N2O2/c1-13-11-16(14(2)20(13)3)9-10-19-18(21)12-15-5-7-17(22-4)8-6-15/h5-8,11H,9-10,12H2,1-4H3,(H,19,21). The van der Waals surface area contributed by atoms with Crippen molar-refractivity contribution in [3.63, 3.8) is 0 Å². The minimum Gasteiger partial charge on any atom is -0.497 e. The van der Waals surface area contributed by atoms with E-state index >= 15 is 0 Å². The molecule has 0 spiro atoms. The van der Waals surface area contributed by atoms with Crippen LogP contribution in [0.15, 0.2) is 30.3 Å². The van der Waals surface area contributed by atoms with Crippen LogP contribution < -0.4 is 10.1 Å². The number of carbonyl (C=O) groups excluding carboxylic acids is 1. The van der Waals surface area contributed by atoms with Crippen molar-refractivity contribution in [3.8, 4) is 5.75 Å². The average Bonchev–Trinajstić information content (AvgIpc) is 2.75. The van der Waals surface area contributed by atoms with Crippen LogP contribution in [0.4, 0.5) is 0 Å². The smallest absolute Gasteiger partial charge is 0.224 e. The van der Waals surface area contributed by atoms with Crippen LogP contribution in [0.25, 0.3) is 0 Å². The molecule has 2 rings (SSSR count). The predicted molar refractivity (Wildman–Crippen MR) is 88.3 cm³/mol. The Hall–Kier alpha value is -2.23. The summed E-state index contributed by atoms with van der Waals surface area (Å²) in [5, 5.41) is 2.98. The van der Waals surface area contributed by atoms with E-state index in [4.69, 9.17) is 4.74 Å². The van der Waals surface area contributed by atoms with Crippen LogP contribution in [0.1, 0.15) is 22.5 Å². The van der Waals surface area contributed by atoms with Crippen LogP contribution in [0, 0.1) is 13.8 Å². The lowest BCUT2D eigenvalue weighted by Gasteiger charge is -2.07. The summed E-state index contributed by atoms with van der Waals surface area (Å²) < 4.78 is 7.28. The van der Waals surface area contributed by atoms with Crippen molar-refractivity contribution in [3.05, 3.63) is 52.8 Å². The van der Waals surface area contributed by atoms with Crippen molar-refractivity contribution in [2.45, 2.75) is 26.7 Å². The fraction of sp³-hybridized carbons (Fsp3) is 0.389. The zero-order chi connectivity index (χ0) is 16.1. The minimum atomic E-state index is 0.0514. The van der Waals surface area contributed by atoms with Gasteiger partial charge in [0.2, 0.25) is 5.91 Å². The molecule has 4 heteroatoms. The van der Waals surface area contributed by atoms with Crippen LogP contribution in [0.3, 0.4) is 0 Å². The molecule has 0 atom stereocenters. The number of hydrogen-bond acceptors (Lipinski definition) is 2. The normalized spacial score (nSPS) is 10.5. The van der Waals surface area contributed by atoms with Gasteiger partial charge in [-0.05, 0) is 49.6 Å². The van der Waals surface area contributed by atoms with E-state index in [9.17, 15) is 4.79 Å². The van der Waals surface area contributed by atoms with Gasteiger partial charge in [-0.2, -0.15) is 0 Å². The third kappa shape index (κ3) is 3.91. The van der Waals surface area contributed by atoms with Crippen molar-refractivity contribution < 1.29 is 9.53 Å². The average molecular weight is 300 g/mol. The Balaban J connectivity index is 1.81. The number of hydrogen-bond donors (Lipinski definition) is 1. The maximum atomic E-state index is 12.0. The van der Waals surface area contributed by atoms with Crippen molar-refractivity contribution in [1.82, 2.24) is 9.88 Å². The highest BCUT2D eigenvalue weighted by molar-refractivity contribution is 5.78. The Morgan fingerprint density at radius 3 is 2.45 bits per heavy atom. The lowest BCUT2D eigenvalue weighted by atomic mass is 10.1. The van der Waals surface area contributed by atoms with Crippen LogP contribution in [-0.4, -0.2) is 24.1 Å². The summed E-state index contributed by atoms with van der Waals surface area (Å²) in [7, 11) is 3.70. The molecule has 1 N–H and O–H groups in total. The first kappa shape index (κ1) is 16.1. The number of carbonyl (C=O) groups is 1. The van der Waals surface area contributed by atoms with Crippen LogP contribution >= 0.6 is 0 Å².